The second-order valence-electron chi connectivity index (χ2n) is 3.27. The fourth-order valence-corrected chi connectivity index (χ4v) is 1.47. The number of rotatable bonds is 1. The molecule has 0 amide bonds. The third-order valence-corrected chi connectivity index (χ3v) is 2.37. The minimum absolute atomic E-state index is 0.0479. The van der Waals surface area contributed by atoms with Crippen LogP contribution in [0, 0.1) is 11.3 Å². The molecule has 0 saturated heterocycles. The molecular weight excluding hydrogens is 190 g/mol. The lowest BCUT2D eigenvalue weighted by Gasteiger charge is -1.99. The molecule has 1 heterocycles. The van der Waals surface area contributed by atoms with E-state index in [0.717, 1.165) is 12.0 Å². The zero-order valence-corrected chi connectivity index (χ0v) is 8.28. The molecule has 0 saturated carbocycles. The summed E-state index contributed by atoms with van der Waals surface area (Å²) in [6, 6.07) is 7.23. The lowest BCUT2D eigenvalue weighted by Crippen LogP contribution is -2.05. The molecule has 0 N–H and O–H groups in total. The Morgan fingerprint density at radius 3 is 2.93 bits per heavy atom. The van der Waals surface area contributed by atoms with Crippen LogP contribution >= 0.6 is 0 Å². The van der Waals surface area contributed by atoms with Crippen molar-refractivity contribution in [3.8, 4) is 6.07 Å². The topological polar surface area (TPSA) is 54.0 Å². The first kappa shape index (κ1) is 9.47. The summed E-state index contributed by atoms with van der Waals surface area (Å²) in [5, 5.41) is 9.13. The molecule has 1 aromatic carbocycles. The van der Waals surface area contributed by atoms with Crippen molar-refractivity contribution in [3.63, 3.8) is 0 Å². The van der Waals surface area contributed by atoms with Crippen LogP contribution in [0.2, 0.25) is 0 Å². The van der Waals surface area contributed by atoms with Crippen LogP contribution in [0.5, 0.6) is 0 Å². The molecular formula is C12H9NO2. The van der Waals surface area contributed by atoms with Crippen molar-refractivity contribution in [2.45, 2.75) is 13.3 Å². The largest absolute Gasteiger partial charge is 0.463 e. The lowest BCUT2D eigenvalue weighted by molar-refractivity contribution is 0.600. The van der Waals surface area contributed by atoms with Crippen molar-refractivity contribution in [3.05, 3.63) is 45.8 Å². The molecule has 0 aliphatic rings. The molecule has 0 aliphatic carbocycles. The summed E-state index contributed by atoms with van der Waals surface area (Å²) >= 11 is 0. The maximum atomic E-state index is 11.7. The van der Waals surface area contributed by atoms with Gasteiger partial charge in [-0.05, 0) is 24.1 Å². The molecule has 15 heavy (non-hydrogen) atoms. The van der Waals surface area contributed by atoms with Crippen LogP contribution in [0.15, 0.2) is 33.7 Å². The fraction of sp³-hybridized carbons (Fsp3) is 0.167. The maximum Gasteiger partial charge on any atom is 0.210 e. The Kier molecular flexibility index (Phi) is 2.26. The van der Waals surface area contributed by atoms with E-state index < -0.39 is 0 Å². The number of nitrogens with zero attached hydrogens (tertiary/aromatic N) is 1. The Morgan fingerprint density at radius 2 is 2.27 bits per heavy atom. The Morgan fingerprint density at radius 1 is 1.47 bits per heavy atom. The van der Waals surface area contributed by atoms with Gasteiger partial charge in [-0.3, -0.25) is 4.79 Å². The van der Waals surface area contributed by atoms with Crippen LogP contribution in [0.25, 0.3) is 11.0 Å². The third kappa shape index (κ3) is 1.50. The molecule has 2 rings (SSSR count). The monoisotopic (exact) mass is 199 g/mol. The number of hydrogen-bond acceptors (Lipinski definition) is 3. The molecule has 0 atom stereocenters. The fourth-order valence-electron chi connectivity index (χ4n) is 1.47. The number of nitriles is 1. The average Bonchev–Trinajstić information content (AvgIpc) is 2.29. The van der Waals surface area contributed by atoms with E-state index in [1.54, 1.807) is 6.07 Å². The van der Waals surface area contributed by atoms with E-state index in [2.05, 4.69) is 0 Å². The highest BCUT2D eigenvalue weighted by Gasteiger charge is 2.06. The first-order chi connectivity index (χ1) is 7.26. The number of hydrogen-bond donors (Lipinski definition) is 0. The van der Waals surface area contributed by atoms with Gasteiger partial charge in [0, 0.05) is 0 Å². The van der Waals surface area contributed by atoms with Crippen molar-refractivity contribution in [1.82, 2.24) is 0 Å². The van der Waals surface area contributed by atoms with Gasteiger partial charge in [0.25, 0.3) is 0 Å². The van der Waals surface area contributed by atoms with E-state index in [1.807, 2.05) is 25.1 Å². The van der Waals surface area contributed by atoms with Crippen LogP contribution in [0.1, 0.15) is 18.1 Å². The van der Waals surface area contributed by atoms with Gasteiger partial charge >= 0.3 is 0 Å². The summed E-state index contributed by atoms with van der Waals surface area (Å²) in [7, 11) is 0. The van der Waals surface area contributed by atoms with Gasteiger partial charge in [-0.2, -0.15) is 5.26 Å². The summed E-state index contributed by atoms with van der Waals surface area (Å²) < 4.78 is 5.23. The van der Waals surface area contributed by atoms with Crippen LogP contribution in [0.3, 0.4) is 0 Å². The number of fused-ring (bicyclic) bond motifs is 1. The highest BCUT2D eigenvalue weighted by Crippen LogP contribution is 2.13. The summed E-state index contributed by atoms with van der Waals surface area (Å²) in [6.45, 7) is 2.03. The van der Waals surface area contributed by atoms with Crippen LogP contribution in [0.4, 0.5) is 0 Å². The van der Waals surface area contributed by atoms with Gasteiger partial charge < -0.3 is 4.42 Å². The van der Waals surface area contributed by atoms with Crippen LogP contribution < -0.4 is 5.43 Å². The van der Waals surface area contributed by atoms with Crippen molar-refractivity contribution >= 4 is 11.0 Å². The first-order valence-electron chi connectivity index (χ1n) is 4.70. The molecule has 0 spiro atoms. The second kappa shape index (κ2) is 3.58. The van der Waals surface area contributed by atoms with Gasteiger partial charge in [-0.1, -0.05) is 13.0 Å². The Labute approximate surface area is 86.6 Å². The molecule has 0 fully saturated rings. The van der Waals surface area contributed by atoms with E-state index in [0.29, 0.717) is 11.0 Å². The smallest absolute Gasteiger partial charge is 0.210 e. The Balaban J connectivity index is 2.81. The Hall–Kier alpha value is -2.08. The van der Waals surface area contributed by atoms with Gasteiger partial charge in [0.1, 0.15) is 23.5 Å². The van der Waals surface area contributed by atoms with E-state index in [-0.39, 0.29) is 11.0 Å². The summed E-state index contributed by atoms with van der Waals surface area (Å²) in [5.74, 6) is 0. The molecule has 0 aliphatic heterocycles. The van der Waals surface area contributed by atoms with Crippen LogP contribution in [-0.4, -0.2) is 0 Å². The molecule has 0 unspecified atom stereocenters. The predicted molar refractivity (Wildman–Crippen MR) is 56.6 cm³/mol. The molecule has 3 nitrogen and oxygen atoms in total. The third-order valence-electron chi connectivity index (χ3n) is 2.37. The Bertz CT molecular complexity index is 605. The predicted octanol–water partition coefficient (Wildman–Crippen LogP) is 2.23. The standard InChI is InChI=1S/C12H9NO2/c1-2-8-3-4-10-11(5-8)15-7-9(6-13)12(10)14/h3-5,7H,2H2,1H3. The highest BCUT2D eigenvalue weighted by molar-refractivity contribution is 5.78. The summed E-state index contributed by atoms with van der Waals surface area (Å²) in [4.78, 5) is 11.7. The highest BCUT2D eigenvalue weighted by atomic mass is 16.3. The molecule has 0 bridgehead atoms. The maximum absolute atomic E-state index is 11.7. The zero-order valence-electron chi connectivity index (χ0n) is 8.28. The van der Waals surface area contributed by atoms with Gasteiger partial charge in [-0.25, -0.2) is 0 Å². The van der Waals surface area contributed by atoms with Crippen molar-refractivity contribution < 1.29 is 4.42 Å². The molecule has 74 valence electrons. The van der Waals surface area contributed by atoms with Gasteiger partial charge in [-0.15, -0.1) is 0 Å². The zero-order chi connectivity index (χ0) is 10.8. The van der Waals surface area contributed by atoms with Gasteiger partial charge in [0.2, 0.25) is 5.43 Å². The van der Waals surface area contributed by atoms with E-state index in [9.17, 15) is 4.79 Å². The second-order valence-corrected chi connectivity index (χ2v) is 3.27. The summed E-state index contributed by atoms with van der Waals surface area (Å²) in [6.07, 6.45) is 2.10. The van der Waals surface area contributed by atoms with Gasteiger partial charge in [0.15, 0.2) is 0 Å². The van der Waals surface area contributed by atoms with E-state index >= 15 is 0 Å². The minimum Gasteiger partial charge on any atom is -0.463 e. The number of aryl methyl sites for hydroxylation is 1. The molecule has 3 heteroatoms. The van der Waals surface area contributed by atoms with E-state index in [1.165, 1.54) is 6.26 Å². The van der Waals surface area contributed by atoms with Crippen molar-refractivity contribution in [2.75, 3.05) is 0 Å². The minimum atomic E-state index is -0.263. The molecule has 0 radical (unpaired) electrons. The van der Waals surface area contributed by atoms with Gasteiger partial charge in [0.05, 0.1) is 5.39 Å². The normalized spacial score (nSPS) is 10.1. The van der Waals surface area contributed by atoms with Crippen molar-refractivity contribution in [1.29, 1.82) is 5.26 Å². The molecule has 1 aromatic heterocycles. The van der Waals surface area contributed by atoms with Crippen LogP contribution in [-0.2, 0) is 6.42 Å². The first-order valence-corrected chi connectivity index (χ1v) is 4.70. The van der Waals surface area contributed by atoms with Crippen molar-refractivity contribution in [2.24, 2.45) is 0 Å². The van der Waals surface area contributed by atoms with E-state index in [4.69, 9.17) is 9.68 Å². The lowest BCUT2D eigenvalue weighted by atomic mass is 10.1. The number of benzene rings is 1. The SMILES string of the molecule is CCc1ccc2c(=O)c(C#N)coc2c1. The molecule has 2 aromatic rings. The summed E-state index contributed by atoms with van der Waals surface area (Å²) in [5.41, 5.74) is 1.43. The average molecular weight is 199 g/mol. The quantitative estimate of drug-likeness (QED) is 0.707.